The molecule has 7 aliphatic rings. The zero-order valence-electron chi connectivity index (χ0n) is 40.4. The van der Waals surface area contributed by atoms with Gasteiger partial charge in [0, 0.05) is 108 Å². The number of amides is 2. The fraction of sp³-hybridized carbons (Fsp3) is 0.692. The number of rotatable bonds is 16. The lowest BCUT2D eigenvalue weighted by Gasteiger charge is -2.53. The highest BCUT2D eigenvalue weighted by Gasteiger charge is 2.53. The number of ether oxygens (including phenoxy) is 1. The van der Waals surface area contributed by atoms with Crippen LogP contribution in [0.1, 0.15) is 82.3 Å². The summed E-state index contributed by atoms with van der Waals surface area (Å²) >= 11 is 0. The normalized spacial score (nSPS) is 26.3. The number of carbonyl (C=O) groups is 2. The number of hydrogen-bond donors (Lipinski definition) is 2. The lowest BCUT2D eigenvalue weighted by Crippen LogP contribution is -2.59. The third kappa shape index (κ3) is 10.9. The van der Waals surface area contributed by atoms with E-state index in [2.05, 4.69) is 31.0 Å². The number of anilines is 1. The summed E-state index contributed by atoms with van der Waals surface area (Å²) < 4.78 is 62.7. The summed E-state index contributed by atoms with van der Waals surface area (Å²) in [6.07, 6.45) is 11.7. The number of likely N-dealkylation sites (tertiary alicyclic amines) is 5. The number of carbonyl (C=O) groups excluding carboxylic acids is 2. The predicted octanol–water partition coefficient (Wildman–Crippen LogP) is 5.46. The maximum atomic E-state index is 15.3. The molecular weight excluding hydrogens is 889 g/mol. The summed E-state index contributed by atoms with van der Waals surface area (Å²) in [4.78, 5) is 39.2. The molecule has 2 aromatic carbocycles. The molecule has 7 fully saturated rings. The van der Waals surface area contributed by atoms with Crippen LogP contribution in [0, 0.1) is 23.6 Å². The van der Waals surface area contributed by atoms with Crippen molar-refractivity contribution in [3.8, 4) is 0 Å². The maximum absolute atomic E-state index is 15.3. The molecular formula is C52H75F2N7O6S. The van der Waals surface area contributed by atoms with Gasteiger partial charge in [0.25, 0.3) is 0 Å². The fourth-order valence-electron chi connectivity index (χ4n) is 12.9. The zero-order valence-corrected chi connectivity index (χ0v) is 41.2. The van der Waals surface area contributed by atoms with E-state index in [0.29, 0.717) is 30.9 Å². The van der Waals surface area contributed by atoms with Crippen molar-refractivity contribution >= 4 is 27.5 Å². The third-order valence-electron chi connectivity index (χ3n) is 16.9. The first-order chi connectivity index (χ1) is 32.7. The van der Waals surface area contributed by atoms with Crippen LogP contribution >= 0.6 is 0 Å². The van der Waals surface area contributed by atoms with E-state index in [1.54, 1.807) is 23.1 Å². The van der Waals surface area contributed by atoms with Crippen molar-refractivity contribution in [2.45, 2.75) is 111 Å². The summed E-state index contributed by atoms with van der Waals surface area (Å²) in [6, 6.07) is 12.7. The second kappa shape index (κ2) is 21.0. The molecule has 1 saturated carbocycles. The zero-order chi connectivity index (χ0) is 47.6. The second-order valence-electron chi connectivity index (χ2n) is 21.7. The van der Waals surface area contributed by atoms with E-state index in [1.807, 2.05) is 36.1 Å². The van der Waals surface area contributed by atoms with Gasteiger partial charge in [0.1, 0.15) is 17.2 Å². The summed E-state index contributed by atoms with van der Waals surface area (Å²) in [5.41, 5.74) is 1.54. The quantitative estimate of drug-likeness (QED) is 0.208. The predicted molar refractivity (Wildman–Crippen MR) is 260 cm³/mol. The van der Waals surface area contributed by atoms with Crippen molar-refractivity contribution in [1.29, 1.82) is 0 Å². The number of alkyl halides is 1. The highest BCUT2D eigenvalue weighted by molar-refractivity contribution is 7.92. The lowest BCUT2D eigenvalue weighted by molar-refractivity contribution is -0.129. The van der Waals surface area contributed by atoms with E-state index in [1.165, 1.54) is 32.4 Å². The second-order valence-corrected chi connectivity index (χ2v) is 23.9. The molecule has 374 valence electrons. The first-order valence-electron chi connectivity index (χ1n) is 25.6. The fourth-order valence-corrected chi connectivity index (χ4v) is 14.7. The van der Waals surface area contributed by atoms with Gasteiger partial charge >= 0.3 is 6.09 Å². The SMILES string of the molecule is COC(=O)N[C@H]1CCC[C@@H]1C(CN1CCC(C)(O)CC1)(c1cccc(F)c1)C1CCN(CC2CN(c3ccc(S(=O)(=O)C4CN(C(=O)/C=C/CN5CCCCC5)C4)c(CN4CC(F)C4)c3)C2)CC1. The first-order valence-corrected chi connectivity index (χ1v) is 27.2. The molecule has 0 bridgehead atoms. The van der Waals surface area contributed by atoms with Crippen LogP contribution in [0.5, 0.6) is 0 Å². The van der Waals surface area contributed by atoms with Crippen LogP contribution in [0.3, 0.4) is 0 Å². The van der Waals surface area contributed by atoms with Crippen LogP contribution in [0.15, 0.2) is 59.5 Å². The van der Waals surface area contributed by atoms with Crippen molar-refractivity contribution in [3.63, 3.8) is 0 Å². The maximum Gasteiger partial charge on any atom is 0.407 e. The number of aliphatic hydroxyl groups is 1. The number of benzene rings is 2. The minimum Gasteiger partial charge on any atom is -0.453 e. The van der Waals surface area contributed by atoms with Gasteiger partial charge in [0.15, 0.2) is 9.84 Å². The summed E-state index contributed by atoms with van der Waals surface area (Å²) in [5, 5.41) is 13.4. The average Bonchev–Trinajstić information content (AvgIpc) is 3.74. The molecule has 0 spiro atoms. The molecule has 2 amide bonds. The molecule has 6 heterocycles. The number of halogens is 2. The number of alkyl carbamates (subject to hydrolysis) is 1. The van der Waals surface area contributed by atoms with Gasteiger partial charge in [-0.15, -0.1) is 0 Å². The monoisotopic (exact) mass is 964 g/mol. The van der Waals surface area contributed by atoms with Crippen LogP contribution < -0.4 is 10.2 Å². The Bertz CT molecular complexity index is 2210. The Kier molecular flexibility index (Phi) is 15.2. The molecule has 13 nitrogen and oxygen atoms in total. The van der Waals surface area contributed by atoms with Crippen molar-refractivity contribution in [3.05, 3.63) is 71.6 Å². The van der Waals surface area contributed by atoms with Gasteiger partial charge in [-0.1, -0.05) is 31.1 Å². The van der Waals surface area contributed by atoms with E-state index in [-0.39, 0.29) is 60.7 Å². The van der Waals surface area contributed by atoms with Crippen molar-refractivity contribution in [1.82, 2.24) is 29.8 Å². The molecule has 3 atom stereocenters. The number of nitrogens with zero attached hydrogens (tertiary/aromatic N) is 6. The van der Waals surface area contributed by atoms with E-state index in [9.17, 15) is 27.5 Å². The highest BCUT2D eigenvalue weighted by Crippen LogP contribution is 2.52. The standard InChI is InChI=1S/C52H75F2N7O6S/c1-51(64)18-25-58(26-19-51)37-52(41-9-6-10-42(53)28-41,46-11-7-12-47(46)55-50(63)67-2)40-16-23-57(24-17-40)29-38-30-60(31-38)44-14-15-48(39(27-44)32-59-33-43(54)34-59)68(65,66)45-35-61(36-45)49(62)13-8-22-56-20-4-3-5-21-56/h6,8-10,13-15,27-28,38,40,43,45-47,64H,3-5,7,11-12,16-26,29-37H2,1-2H3,(H,55,63)/b13-8+/t46-,47-,52?/m0/s1. The minimum absolute atomic E-state index is 0.0856. The van der Waals surface area contributed by atoms with Crippen molar-refractivity contribution < 1.29 is 36.6 Å². The Morgan fingerprint density at radius 2 is 1.60 bits per heavy atom. The molecule has 6 aliphatic heterocycles. The number of sulfone groups is 1. The highest BCUT2D eigenvalue weighted by atomic mass is 32.2. The van der Waals surface area contributed by atoms with E-state index >= 15 is 4.39 Å². The average molecular weight is 964 g/mol. The van der Waals surface area contributed by atoms with Gasteiger partial charge in [-0.05, 0) is 138 Å². The van der Waals surface area contributed by atoms with Gasteiger partial charge < -0.3 is 34.8 Å². The van der Waals surface area contributed by atoms with Crippen molar-refractivity contribution in [2.24, 2.45) is 17.8 Å². The first kappa shape index (κ1) is 49.3. The topological polar surface area (TPSA) is 129 Å². The van der Waals surface area contributed by atoms with Crippen LogP contribution in [0.25, 0.3) is 0 Å². The number of piperidine rings is 3. The summed E-state index contributed by atoms with van der Waals surface area (Å²) in [6.45, 7) is 12.7. The number of nitrogens with one attached hydrogen (secondary N) is 1. The van der Waals surface area contributed by atoms with Gasteiger partial charge in [-0.2, -0.15) is 0 Å². The van der Waals surface area contributed by atoms with Crippen LogP contribution in [0.4, 0.5) is 19.3 Å². The molecule has 6 saturated heterocycles. The van der Waals surface area contributed by atoms with Crippen LogP contribution in [0.2, 0.25) is 0 Å². The molecule has 1 unspecified atom stereocenters. The van der Waals surface area contributed by atoms with E-state index in [0.717, 1.165) is 115 Å². The van der Waals surface area contributed by atoms with Gasteiger partial charge in [-0.25, -0.2) is 22.0 Å². The summed E-state index contributed by atoms with van der Waals surface area (Å²) in [5.74, 6) is 0.364. The Labute approximate surface area is 403 Å². The van der Waals surface area contributed by atoms with Crippen molar-refractivity contribution in [2.75, 3.05) is 110 Å². The van der Waals surface area contributed by atoms with Gasteiger partial charge in [-0.3, -0.25) is 14.6 Å². The van der Waals surface area contributed by atoms with Crippen LogP contribution in [-0.4, -0.2) is 178 Å². The molecule has 2 aromatic rings. The number of hydrogen-bond acceptors (Lipinski definition) is 11. The molecule has 0 radical (unpaired) electrons. The van der Waals surface area contributed by atoms with Crippen LogP contribution in [-0.2, 0) is 31.3 Å². The van der Waals surface area contributed by atoms with Gasteiger partial charge in [0.05, 0.1) is 17.6 Å². The van der Waals surface area contributed by atoms with Gasteiger partial charge in [0.2, 0.25) is 5.91 Å². The Morgan fingerprint density at radius 1 is 0.868 bits per heavy atom. The third-order valence-corrected chi connectivity index (χ3v) is 19.1. The van der Waals surface area contributed by atoms with E-state index < -0.39 is 38.4 Å². The Balaban J connectivity index is 0.845. The number of methoxy groups -OCH3 is 1. The molecule has 9 rings (SSSR count). The molecule has 0 aromatic heterocycles. The largest absolute Gasteiger partial charge is 0.453 e. The Hall–Kier alpha value is -3.67. The van der Waals surface area contributed by atoms with E-state index in [4.69, 9.17) is 4.74 Å². The molecule has 2 N–H and O–H groups in total. The molecule has 16 heteroatoms. The smallest absolute Gasteiger partial charge is 0.407 e. The minimum atomic E-state index is -3.73. The lowest BCUT2D eigenvalue weighted by atomic mass is 9.58. The summed E-state index contributed by atoms with van der Waals surface area (Å²) in [7, 11) is -2.33. The Morgan fingerprint density at radius 3 is 2.29 bits per heavy atom. The molecule has 1 aliphatic carbocycles. The molecule has 68 heavy (non-hydrogen) atoms.